The number of carboxylic acids is 1. The van der Waals surface area contributed by atoms with Crippen molar-refractivity contribution < 1.29 is 19.5 Å². The lowest BCUT2D eigenvalue weighted by Gasteiger charge is -2.04. The zero-order valence-corrected chi connectivity index (χ0v) is 12.5. The molecule has 0 amide bonds. The number of nitrogens with zero attached hydrogens (tertiary/aromatic N) is 3. The first kappa shape index (κ1) is 15.5. The van der Waals surface area contributed by atoms with E-state index in [1.165, 1.54) is 4.80 Å². The fourth-order valence-electron chi connectivity index (χ4n) is 2.31. The van der Waals surface area contributed by atoms with Crippen LogP contribution in [0.4, 0.5) is 0 Å². The first-order valence-corrected chi connectivity index (χ1v) is 7.21. The summed E-state index contributed by atoms with van der Waals surface area (Å²) in [4.78, 5) is 35.2. The Morgan fingerprint density at radius 3 is 2.25 bits per heavy atom. The van der Waals surface area contributed by atoms with Gasteiger partial charge in [-0.1, -0.05) is 30.3 Å². The van der Waals surface area contributed by atoms with Gasteiger partial charge in [-0.05, 0) is 23.8 Å². The van der Waals surface area contributed by atoms with E-state index in [1.54, 1.807) is 18.2 Å². The highest BCUT2D eigenvalue weighted by molar-refractivity contribution is 6.37. The second kappa shape index (κ2) is 6.41. The smallest absolute Gasteiger partial charge is 0.372 e. The molecule has 0 saturated carbocycles. The number of Topliss-reactive ketones (excluding diaryl/α,β-unsaturated/α-hetero) is 2. The van der Waals surface area contributed by atoms with Crippen molar-refractivity contribution >= 4 is 28.6 Å². The van der Waals surface area contributed by atoms with Crippen LogP contribution in [0.3, 0.4) is 0 Å². The van der Waals surface area contributed by atoms with Crippen LogP contribution < -0.4 is 0 Å². The van der Waals surface area contributed by atoms with E-state index in [2.05, 4.69) is 10.2 Å². The molecule has 120 valence electrons. The average molecular weight is 323 g/mol. The topological polar surface area (TPSA) is 102 Å². The maximum Gasteiger partial charge on any atom is 0.372 e. The summed E-state index contributed by atoms with van der Waals surface area (Å²) >= 11 is 0. The third-order valence-corrected chi connectivity index (χ3v) is 3.46. The Morgan fingerprint density at radius 2 is 1.62 bits per heavy atom. The van der Waals surface area contributed by atoms with Crippen molar-refractivity contribution in [3.63, 3.8) is 0 Å². The summed E-state index contributed by atoms with van der Waals surface area (Å²) < 4.78 is 0. The quantitative estimate of drug-likeness (QED) is 0.421. The van der Waals surface area contributed by atoms with Crippen molar-refractivity contribution in [1.29, 1.82) is 0 Å². The normalized spacial score (nSPS) is 10.7. The molecule has 0 radical (unpaired) electrons. The molecule has 0 fully saturated rings. The van der Waals surface area contributed by atoms with Gasteiger partial charge in [-0.15, -0.1) is 0 Å². The molecule has 0 atom stereocenters. The molecule has 0 aliphatic heterocycles. The van der Waals surface area contributed by atoms with Crippen molar-refractivity contribution in [1.82, 2.24) is 15.0 Å². The second-order valence-electron chi connectivity index (χ2n) is 5.25. The van der Waals surface area contributed by atoms with Crippen LogP contribution in [-0.2, 0) is 16.1 Å². The lowest BCUT2D eigenvalue weighted by atomic mass is 10.0. The van der Waals surface area contributed by atoms with Gasteiger partial charge in [-0.3, -0.25) is 9.59 Å². The minimum Gasteiger partial charge on any atom is -0.475 e. The molecule has 0 aliphatic carbocycles. The molecule has 1 aromatic heterocycles. The Balaban J connectivity index is 1.78. The van der Waals surface area contributed by atoms with E-state index in [-0.39, 0.29) is 0 Å². The molecule has 7 nitrogen and oxygen atoms in total. The summed E-state index contributed by atoms with van der Waals surface area (Å²) in [5.41, 5.74) is 2.62. The molecule has 1 N–H and O–H groups in total. The molecule has 1 heterocycles. The van der Waals surface area contributed by atoms with E-state index in [9.17, 15) is 14.4 Å². The minimum atomic E-state index is -1.60. The van der Waals surface area contributed by atoms with Gasteiger partial charge in [0.25, 0.3) is 0 Å². The van der Waals surface area contributed by atoms with Gasteiger partial charge in [0.15, 0.2) is 5.78 Å². The van der Waals surface area contributed by atoms with Crippen LogP contribution in [0.2, 0.25) is 0 Å². The number of benzene rings is 2. The van der Waals surface area contributed by atoms with Crippen molar-refractivity contribution in [3.8, 4) is 0 Å². The molecule has 3 rings (SSSR count). The van der Waals surface area contributed by atoms with Crippen molar-refractivity contribution in [2.45, 2.75) is 13.0 Å². The monoisotopic (exact) mass is 323 g/mol. The molecular weight excluding hydrogens is 310 g/mol. The first-order chi connectivity index (χ1) is 11.5. The van der Waals surface area contributed by atoms with Gasteiger partial charge in [0, 0.05) is 5.56 Å². The number of hydrogen-bond donors (Lipinski definition) is 1. The van der Waals surface area contributed by atoms with Crippen LogP contribution >= 0.6 is 0 Å². The Labute approximate surface area is 136 Å². The number of hydrogen-bond acceptors (Lipinski definition) is 5. The molecule has 3 aromatic rings. The minimum absolute atomic E-state index is 0.291. The maximum atomic E-state index is 12.0. The Kier molecular flexibility index (Phi) is 4.15. The second-order valence-corrected chi connectivity index (χ2v) is 5.25. The van der Waals surface area contributed by atoms with Crippen molar-refractivity contribution in [2.24, 2.45) is 0 Å². The molecule has 0 bridgehead atoms. The van der Waals surface area contributed by atoms with Gasteiger partial charge in [0.1, 0.15) is 11.0 Å². The molecule has 7 heteroatoms. The van der Waals surface area contributed by atoms with E-state index in [4.69, 9.17) is 5.11 Å². The molecule has 0 unspecified atom stereocenters. The molecule has 0 spiro atoms. The van der Waals surface area contributed by atoms with Crippen molar-refractivity contribution in [2.75, 3.05) is 0 Å². The van der Waals surface area contributed by atoms with Crippen LogP contribution in [0.5, 0.6) is 0 Å². The first-order valence-electron chi connectivity index (χ1n) is 7.21. The number of fused-ring (bicyclic) bond motifs is 1. The fraction of sp³-hybridized carbons (Fsp3) is 0.118. The van der Waals surface area contributed by atoms with Gasteiger partial charge in [-0.25, -0.2) is 4.79 Å². The molecule has 0 saturated heterocycles. The fourth-order valence-corrected chi connectivity index (χ4v) is 2.31. The molecule has 2 aromatic carbocycles. The number of ketones is 2. The summed E-state index contributed by atoms with van der Waals surface area (Å²) in [5, 5.41) is 17.3. The van der Waals surface area contributed by atoms with E-state index < -0.39 is 24.0 Å². The number of rotatable bonds is 6. The number of carboxylic acid groups (broad SMARTS) is 1. The maximum absolute atomic E-state index is 12.0. The zero-order chi connectivity index (χ0) is 17.1. The SMILES string of the molecule is O=C(O)C(=O)CC(=O)c1cccc(Cn2nc3ccccc3n2)c1. The van der Waals surface area contributed by atoms with Gasteiger partial charge in [0.2, 0.25) is 5.78 Å². The highest BCUT2D eigenvalue weighted by atomic mass is 16.4. The summed E-state index contributed by atoms with van der Waals surface area (Å²) in [7, 11) is 0. The van der Waals surface area contributed by atoms with Crippen molar-refractivity contribution in [3.05, 3.63) is 59.7 Å². The largest absolute Gasteiger partial charge is 0.475 e. The highest BCUT2D eigenvalue weighted by Gasteiger charge is 2.18. The average Bonchev–Trinajstić information content (AvgIpc) is 2.97. The van der Waals surface area contributed by atoms with Gasteiger partial charge < -0.3 is 5.11 Å². The van der Waals surface area contributed by atoms with Crippen LogP contribution in [0, 0.1) is 0 Å². The standard InChI is InChI=1S/C17H13N3O4/c21-15(9-16(22)17(23)24)12-5-3-4-11(8-12)10-20-18-13-6-1-2-7-14(13)19-20/h1-8H,9-10H2,(H,23,24). The number of carbonyl (C=O) groups excluding carboxylic acids is 2. The Hall–Kier alpha value is -3.35. The summed E-state index contributed by atoms with van der Waals surface area (Å²) in [6.45, 7) is 0.364. The van der Waals surface area contributed by atoms with E-state index in [1.807, 2.05) is 30.3 Å². The van der Waals surface area contributed by atoms with E-state index in [0.717, 1.165) is 16.6 Å². The van der Waals surface area contributed by atoms with Crippen LogP contribution in [0.25, 0.3) is 11.0 Å². The predicted octanol–water partition coefficient (Wildman–Crippen LogP) is 1.71. The summed E-state index contributed by atoms with van der Waals surface area (Å²) in [5.74, 6) is -3.25. The lowest BCUT2D eigenvalue weighted by Crippen LogP contribution is -2.17. The van der Waals surface area contributed by atoms with E-state index in [0.29, 0.717) is 12.1 Å². The summed E-state index contributed by atoms with van der Waals surface area (Å²) in [6.07, 6.45) is -0.650. The number of aromatic nitrogens is 3. The summed E-state index contributed by atoms with van der Waals surface area (Å²) in [6, 6.07) is 14.1. The van der Waals surface area contributed by atoms with E-state index >= 15 is 0 Å². The molecule has 0 aliphatic rings. The Bertz CT molecular complexity index is 913. The molecule has 24 heavy (non-hydrogen) atoms. The number of carbonyl (C=O) groups is 3. The third kappa shape index (κ3) is 3.35. The van der Waals surface area contributed by atoms with Crippen LogP contribution in [-0.4, -0.2) is 37.6 Å². The predicted molar refractivity (Wildman–Crippen MR) is 84.7 cm³/mol. The van der Waals surface area contributed by atoms with Gasteiger partial charge >= 0.3 is 5.97 Å². The Morgan fingerprint density at radius 1 is 0.958 bits per heavy atom. The van der Waals surface area contributed by atoms with Gasteiger partial charge in [0.05, 0.1) is 13.0 Å². The van der Waals surface area contributed by atoms with Gasteiger partial charge in [-0.2, -0.15) is 15.0 Å². The highest BCUT2D eigenvalue weighted by Crippen LogP contribution is 2.12. The number of aliphatic carboxylic acids is 1. The third-order valence-electron chi connectivity index (χ3n) is 3.46. The van der Waals surface area contributed by atoms with Crippen LogP contribution in [0.15, 0.2) is 48.5 Å². The molecular formula is C17H13N3O4. The zero-order valence-electron chi connectivity index (χ0n) is 12.5. The van der Waals surface area contributed by atoms with Crippen LogP contribution in [0.1, 0.15) is 22.3 Å². The lowest BCUT2D eigenvalue weighted by molar-refractivity contribution is -0.148.